The predicted molar refractivity (Wildman–Crippen MR) is 70.4 cm³/mol. The van der Waals surface area contributed by atoms with Gasteiger partial charge in [0.2, 0.25) is 0 Å². The maximum Gasteiger partial charge on any atom is 0.279 e. The van der Waals surface area contributed by atoms with E-state index in [2.05, 4.69) is 15.4 Å². The first-order valence-electron chi connectivity index (χ1n) is 5.95. The lowest BCUT2D eigenvalue weighted by Crippen LogP contribution is -2.32. The zero-order valence-corrected chi connectivity index (χ0v) is 10.7. The van der Waals surface area contributed by atoms with Crippen LogP contribution in [0.1, 0.15) is 0 Å². The second-order valence-corrected chi connectivity index (χ2v) is 6.12. The summed E-state index contributed by atoms with van der Waals surface area (Å²) in [5.41, 5.74) is 1.14. The maximum atomic E-state index is 11.6. The molecule has 2 aromatic rings. The topological polar surface area (TPSA) is 54.3 Å². The molecule has 1 aliphatic rings. The molecule has 0 amide bonds. The van der Waals surface area contributed by atoms with Crippen molar-refractivity contribution in [3.63, 3.8) is 0 Å². The third-order valence-electron chi connectivity index (χ3n) is 3.26. The highest BCUT2D eigenvalue weighted by molar-refractivity contribution is 7.87. The van der Waals surface area contributed by atoms with Crippen molar-refractivity contribution in [2.45, 2.75) is 6.54 Å². The van der Waals surface area contributed by atoms with Gasteiger partial charge in [-0.25, -0.2) is 4.72 Å². The Morgan fingerprint density at radius 3 is 2.78 bits per heavy atom. The zero-order valence-electron chi connectivity index (χ0n) is 9.91. The SMILES string of the molecule is O=S1(=O)NCCN1CCn1ccc2ccccc21. The van der Waals surface area contributed by atoms with Gasteiger partial charge in [-0.05, 0) is 17.5 Å². The van der Waals surface area contributed by atoms with Crippen molar-refractivity contribution in [3.05, 3.63) is 36.5 Å². The van der Waals surface area contributed by atoms with E-state index in [0.29, 0.717) is 26.2 Å². The van der Waals surface area contributed by atoms with Crippen molar-refractivity contribution in [2.75, 3.05) is 19.6 Å². The summed E-state index contributed by atoms with van der Waals surface area (Å²) in [7, 11) is -3.22. The van der Waals surface area contributed by atoms with Crippen LogP contribution in [0.15, 0.2) is 36.5 Å². The first-order chi connectivity index (χ1) is 8.67. The quantitative estimate of drug-likeness (QED) is 0.892. The van der Waals surface area contributed by atoms with Crippen molar-refractivity contribution in [3.8, 4) is 0 Å². The summed E-state index contributed by atoms with van der Waals surface area (Å²) in [6, 6.07) is 10.1. The normalized spacial score (nSPS) is 19.6. The fraction of sp³-hybridized carbons (Fsp3) is 0.333. The minimum absolute atomic E-state index is 0.508. The van der Waals surface area contributed by atoms with Gasteiger partial charge in [0.25, 0.3) is 10.2 Å². The summed E-state index contributed by atoms with van der Waals surface area (Å²) in [6.45, 7) is 2.25. The Labute approximate surface area is 106 Å². The fourth-order valence-corrected chi connectivity index (χ4v) is 3.48. The summed E-state index contributed by atoms with van der Waals surface area (Å²) in [5, 5.41) is 1.18. The smallest absolute Gasteiger partial charge is 0.279 e. The van der Waals surface area contributed by atoms with E-state index in [1.807, 2.05) is 30.5 Å². The van der Waals surface area contributed by atoms with E-state index in [0.717, 1.165) is 5.52 Å². The number of benzene rings is 1. The Kier molecular flexibility index (Phi) is 2.85. The number of fused-ring (bicyclic) bond motifs is 1. The lowest BCUT2D eigenvalue weighted by Gasteiger charge is -2.14. The molecule has 1 aromatic carbocycles. The van der Waals surface area contributed by atoms with E-state index in [-0.39, 0.29) is 0 Å². The fourth-order valence-electron chi connectivity index (χ4n) is 2.30. The molecule has 3 rings (SSSR count). The van der Waals surface area contributed by atoms with Gasteiger partial charge in [0.05, 0.1) is 0 Å². The molecule has 5 nitrogen and oxygen atoms in total. The van der Waals surface area contributed by atoms with E-state index >= 15 is 0 Å². The second kappa shape index (κ2) is 4.38. The number of para-hydroxylation sites is 1. The van der Waals surface area contributed by atoms with Gasteiger partial charge < -0.3 is 4.57 Å². The van der Waals surface area contributed by atoms with Crippen LogP contribution < -0.4 is 4.72 Å². The van der Waals surface area contributed by atoms with Crippen LogP contribution in [0.2, 0.25) is 0 Å². The van der Waals surface area contributed by atoms with Crippen LogP contribution in [0.5, 0.6) is 0 Å². The maximum absolute atomic E-state index is 11.6. The molecule has 0 aliphatic carbocycles. The molecule has 0 spiro atoms. The van der Waals surface area contributed by atoms with Gasteiger partial charge in [0.15, 0.2) is 0 Å². The van der Waals surface area contributed by atoms with Crippen molar-refractivity contribution in [2.24, 2.45) is 0 Å². The molecule has 18 heavy (non-hydrogen) atoms. The monoisotopic (exact) mass is 265 g/mol. The summed E-state index contributed by atoms with van der Waals surface area (Å²) < 4.78 is 29.3. The van der Waals surface area contributed by atoms with E-state index in [4.69, 9.17) is 0 Å². The Morgan fingerprint density at radius 2 is 2.00 bits per heavy atom. The molecule has 0 bridgehead atoms. The molecule has 1 saturated heterocycles. The third-order valence-corrected chi connectivity index (χ3v) is 4.87. The van der Waals surface area contributed by atoms with E-state index < -0.39 is 10.2 Å². The van der Waals surface area contributed by atoms with E-state index in [9.17, 15) is 8.42 Å². The molecular formula is C12H15N3O2S. The third kappa shape index (κ3) is 2.03. The molecular weight excluding hydrogens is 250 g/mol. The van der Waals surface area contributed by atoms with Gasteiger partial charge in [-0.2, -0.15) is 12.7 Å². The molecule has 0 atom stereocenters. The molecule has 1 fully saturated rings. The van der Waals surface area contributed by atoms with Gasteiger partial charge in [-0.1, -0.05) is 18.2 Å². The van der Waals surface area contributed by atoms with Crippen LogP contribution >= 0.6 is 0 Å². The van der Waals surface area contributed by atoms with Crippen molar-refractivity contribution in [1.82, 2.24) is 13.6 Å². The summed E-state index contributed by atoms with van der Waals surface area (Å²) in [5.74, 6) is 0. The number of hydrogen-bond donors (Lipinski definition) is 1. The lowest BCUT2D eigenvalue weighted by molar-refractivity contribution is 0.428. The first-order valence-corrected chi connectivity index (χ1v) is 7.39. The molecule has 1 aromatic heterocycles. The van der Waals surface area contributed by atoms with E-state index in [1.54, 1.807) is 0 Å². The largest absolute Gasteiger partial charge is 0.346 e. The minimum Gasteiger partial charge on any atom is -0.346 e. The van der Waals surface area contributed by atoms with Crippen molar-refractivity contribution < 1.29 is 8.42 Å². The predicted octanol–water partition coefficient (Wildman–Crippen LogP) is 0.791. The summed E-state index contributed by atoms with van der Waals surface area (Å²) in [6.07, 6.45) is 2.00. The number of hydrogen-bond acceptors (Lipinski definition) is 2. The minimum atomic E-state index is -3.22. The van der Waals surface area contributed by atoms with Crippen LogP contribution in [0.3, 0.4) is 0 Å². The average Bonchev–Trinajstić information content (AvgIpc) is 2.90. The molecule has 96 valence electrons. The van der Waals surface area contributed by atoms with Crippen molar-refractivity contribution in [1.29, 1.82) is 0 Å². The highest BCUT2D eigenvalue weighted by atomic mass is 32.2. The van der Waals surface area contributed by atoms with Gasteiger partial charge in [0, 0.05) is 37.9 Å². The van der Waals surface area contributed by atoms with Gasteiger partial charge in [-0.15, -0.1) is 0 Å². The van der Waals surface area contributed by atoms with Gasteiger partial charge in [0.1, 0.15) is 0 Å². The highest BCUT2D eigenvalue weighted by Crippen LogP contribution is 2.15. The number of aromatic nitrogens is 1. The first kappa shape index (κ1) is 11.7. The molecule has 1 aliphatic heterocycles. The van der Waals surface area contributed by atoms with Crippen LogP contribution in [0, 0.1) is 0 Å². The molecule has 0 radical (unpaired) electrons. The average molecular weight is 265 g/mol. The molecule has 2 heterocycles. The molecule has 1 N–H and O–H groups in total. The Balaban J connectivity index is 1.78. The number of nitrogens with one attached hydrogen (secondary N) is 1. The standard InChI is InChI=1S/C12H15N3O2S/c16-18(17)13-6-8-15(18)10-9-14-7-5-11-3-1-2-4-12(11)14/h1-5,7,13H,6,8-10H2. The number of rotatable bonds is 3. The van der Waals surface area contributed by atoms with Crippen LogP contribution in [0.25, 0.3) is 10.9 Å². The van der Waals surface area contributed by atoms with Crippen LogP contribution in [-0.4, -0.2) is 36.9 Å². The van der Waals surface area contributed by atoms with Crippen LogP contribution in [0.4, 0.5) is 0 Å². The Morgan fingerprint density at radius 1 is 1.17 bits per heavy atom. The zero-order chi connectivity index (χ0) is 12.6. The van der Waals surface area contributed by atoms with Crippen LogP contribution in [-0.2, 0) is 16.8 Å². The van der Waals surface area contributed by atoms with E-state index in [1.165, 1.54) is 9.69 Å². The summed E-state index contributed by atoms with van der Waals surface area (Å²) >= 11 is 0. The summed E-state index contributed by atoms with van der Waals surface area (Å²) in [4.78, 5) is 0. The lowest BCUT2D eigenvalue weighted by atomic mass is 10.2. The van der Waals surface area contributed by atoms with Crippen molar-refractivity contribution >= 4 is 21.1 Å². The second-order valence-electron chi connectivity index (χ2n) is 4.37. The Hall–Kier alpha value is -1.37. The van der Waals surface area contributed by atoms with Gasteiger partial charge in [-0.3, -0.25) is 0 Å². The Bertz CT molecular complexity index is 663. The molecule has 6 heteroatoms. The van der Waals surface area contributed by atoms with Gasteiger partial charge >= 0.3 is 0 Å². The molecule has 0 saturated carbocycles. The highest BCUT2D eigenvalue weighted by Gasteiger charge is 2.26. The molecule has 0 unspecified atom stereocenters. The number of nitrogens with zero attached hydrogens (tertiary/aromatic N) is 2.